The monoisotopic (exact) mass is 433 g/mol. The van der Waals surface area contributed by atoms with Crippen molar-refractivity contribution in [2.75, 3.05) is 6.54 Å². The van der Waals surface area contributed by atoms with Crippen molar-refractivity contribution < 1.29 is 26.7 Å². The SMILES string of the molecule is CC(F)(c1cc(F)cc(C(F)(F)F)c1)c1ccnc(-c2nccc3c2CCNC3=O)c1. The second kappa shape index (κ2) is 7.40. The summed E-state index contributed by atoms with van der Waals surface area (Å²) in [6.07, 6.45) is -1.58. The molecular formula is C22H16F5N3O. The number of carbonyl (C=O) groups excluding carboxylic acids is 1. The number of hydrogen-bond acceptors (Lipinski definition) is 3. The Balaban J connectivity index is 1.80. The highest BCUT2D eigenvalue weighted by atomic mass is 19.4. The molecule has 1 aromatic carbocycles. The first-order valence-electron chi connectivity index (χ1n) is 9.37. The summed E-state index contributed by atoms with van der Waals surface area (Å²) >= 11 is 0. The quantitative estimate of drug-likeness (QED) is 0.603. The molecule has 0 saturated heterocycles. The molecule has 0 saturated carbocycles. The van der Waals surface area contributed by atoms with Crippen molar-refractivity contribution in [3.63, 3.8) is 0 Å². The first-order valence-corrected chi connectivity index (χ1v) is 9.37. The predicted octanol–water partition coefficient (Wildman–Crippen LogP) is 4.82. The van der Waals surface area contributed by atoms with Gasteiger partial charge in [0, 0.05) is 24.5 Å². The number of rotatable bonds is 3. The molecule has 2 aromatic heterocycles. The smallest absolute Gasteiger partial charge is 0.352 e. The minimum Gasteiger partial charge on any atom is -0.352 e. The van der Waals surface area contributed by atoms with E-state index in [4.69, 9.17) is 0 Å². The molecular weight excluding hydrogens is 417 g/mol. The standard InChI is InChI=1S/C22H16F5N3O/c1-21(24,13-8-14(22(25,26)27)10-15(23)9-13)12-2-5-28-18(11-12)19-16-3-7-30-20(31)17(16)4-6-29-19/h2,4-6,8-11H,3,7H2,1H3,(H,30,31). The number of aromatic nitrogens is 2. The van der Waals surface area contributed by atoms with Crippen LogP contribution in [0.15, 0.2) is 48.8 Å². The van der Waals surface area contributed by atoms with E-state index in [-0.39, 0.29) is 17.2 Å². The van der Waals surface area contributed by atoms with Crippen molar-refractivity contribution >= 4 is 5.91 Å². The minimum absolute atomic E-state index is 0.0177. The average molecular weight is 433 g/mol. The molecule has 3 aromatic rings. The van der Waals surface area contributed by atoms with E-state index in [2.05, 4.69) is 15.3 Å². The number of nitrogens with zero attached hydrogens (tertiary/aromatic N) is 2. The van der Waals surface area contributed by atoms with Crippen molar-refractivity contribution in [1.29, 1.82) is 0 Å². The maximum absolute atomic E-state index is 15.8. The van der Waals surface area contributed by atoms with Crippen LogP contribution in [0.5, 0.6) is 0 Å². The van der Waals surface area contributed by atoms with Gasteiger partial charge in [-0.15, -0.1) is 0 Å². The second-order valence-corrected chi connectivity index (χ2v) is 7.35. The molecule has 1 atom stereocenters. The number of amides is 1. The van der Waals surface area contributed by atoms with E-state index in [0.717, 1.165) is 13.0 Å². The van der Waals surface area contributed by atoms with Gasteiger partial charge in [-0.2, -0.15) is 13.2 Å². The van der Waals surface area contributed by atoms with Gasteiger partial charge in [-0.3, -0.25) is 14.8 Å². The Kier molecular flexibility index (Phi) is 4.99. The Morgan fingerprint density at radius 1 is 0.935 bits per heavy atom. The lowest BCUT2D eigenvalue weighted by Gasteiger charge is -2.24. The highest BCUT2D eigenvalue weighted by molar-refractivity contribution is 5.98. The average Bonchev–Trinajstić information content (AvgIpc) is 2.73. The number of carbonyl (C=O) groups is 1. The molecule has 0 aliphatic carbocycles. The lowest BCUT2D eigenvalue weighted by atomic mass is 9.88. The van der Waals surface area contributed by atoms with E-state index in [9.17, 15) is 22.4 Å². The Morgan fingerprint density at radius 3 is 2.39 bits per heavy atom. The second-order valence-electron chi connectivity index (χ2n) is 7.35. The highest BCUT2D eigenvalue weighted by Gasteiger charge is 2.36. The Bertz CT molecular complexity index is 1170. The van der Waals surface area contributed by atoms with E-state index in [1.54, 1.807) is 6.07 Å². The van der Waals surface area contributed by atoms with Crippen LogP contribution in [0.25, 0.3) is 11.4 Å². The summed E-state index contributed by atoms with van der Waals surface area (Å²) in [6.45, 7) is 1.47. The molecule has 1 aliphatic heterocycles. The molecule has 0 bridgehead atoms. The highest BCUT2D eigenvalue weighted by Crippen LogP contribution is 2.39. The summed E-state index contributed by atoms with van der Waals surface area (Å²) in [4.78, 5) is 20.6. The van der Waals surface area contributed by atoms with Gasteiger partial charge in [0.1, 0.15) is 5.82 Å². The van der Waals surface area contributed by atoms with Gasteiger partial charge in [0.05, 0.1) is 17.0 Å². The molecule has 160 valence electrons. The lowest BCUT2D eigenvalue weighted by Crippen LogP contribution is -2.32. The first kappa shape index (κ1) is 20.9. The number of benzene rings is 1. The lowest BCUT2D eigenvalue weighted by molar-refractivity contribution is -0.137. The number of hydrogen-bond donors (Lipinski definition) is 1. The summed E-state index contributed by atoms with van der Waals surface area (Å²) in [6, 6.07) is 5.89. The van der Waals surface area contributed by atoms with Crippen molar-refractivity contribution in [3.8, 4) is 11.4 Å². The van der Waals surface area contributed by atoms with Gasteiger partial charge in [0.15, 0.2) is 5.67 Å². The Morgan fingerprint density at radius 2 is 1.65 bits per heavy atom. The zero-order valence-electron chi connectivity index (χ0n) is 16.2. The molecule has 1 aliphatic rings. The third-order valence-electron chi connectivity index (χ3n) is 5.27. The molecule has 4 rings (SSSR count). The van der Waals surface area contributed by atoms with Crippen LogP contribution < -0.4 is 5.32 Å². The van der Waals surface area contributed by atoms with Crippen molar-refractivity contribution in [1.82, 2.24) is 15.3 Å². The zero-order valence-corrected chi connectivity index (χ0v) is 16.2. The number of pyridine rings is 2. The fourth-order valence-corrected chi connectivity index (χ4v) is 3.62. The Labute approximate surface area is 174 Å². The van der Waals surface area contributed by atoms with Gasteiger partial charge < -0.3 is 5.32 Å². The summed E-state index contributed by atoms with van der Waals surface area (Å²) in [7, 11) is 0. The topological polar surface area (TPSA) is 54.9 Å². The molecule has 4 nitrogen and oxygen atoms in total. The molecule has 0 radical (unpaired) electrons. The minimum atomic E-state index is -4.82. The normalized spacial score (nSPS) is 15.7. The summed E-state index contributed by atoms with van der Waals surface area (Å²) in [5, 5.41) is 2.72. The van der Waals surface area contributed by atoms with E-state index in [1.807, 2.05) is 0 Å². The van der Waals surface area contributed by atoms with Crippen LogP contribution in [0.3, 0.4) is 0 Å². The van der Waals surface area contributed by atoms with E-state index >= 15 is 4.39 Å². The van der Waals surface area contributed by atoms with Crippen LogP contribution in [0, 0.1) is 5.82 Å². The van der Waals surface area contributed by atoms with E-state index < -0.39 is 28.8 Å². The van der Waals surface area contributed by atoms with Crippen LogP contribution in [0.4, 0.5) is 22.0 Å². The number of alkyl halides is 4. The van der Waals surface area contributed by atoms with Crippen LogP contribution >= 0.6 is 0 Å². The maximum atomic E-state index is 15.8. The van der Waals surface area contributed by atoms with Crippen molar-refractivity contribution in [3.05, 3.63) is 82.4 Å². The predicted molar refractivity (Wildman–Crippen MR) is 102 cm³/mol. The zero-order chi connectivity index (χ0) is 22.4. The summed E-state index contributed by atoms with van der Waals surface area (Å²) < 4.78 is 68.8. The molecule has 1 unspecified atom stereocenters. The van der Waals surface area contributed by atoms with Gasteiger partial charge in [-0.25, -0.2) is 8.78 Å². The first-order chi connectivity index (χ1) is 14.6. The third kappa shape index (κ3) is 3.87. The molecule has 1 N–H and O–H groups in total. The summed E-state index contributed by atoms with van der Waals surface area (Å²) in [5.41, 5.74) is -2.46. The fraction of sp³-hybridized carbons (Fsp3) is 0.227. The summed E-state index contributed by atoms with van der Waals surface area (Å²) in [5.74, 6) is -1.44. The van der Waals surface area contributed by atoms with Crippen LogP contribution in [-0.4, -0.2) is 22.4 Å². The largest absolute Gasteiger partial charge is 0.416 e. The van der Waals surface area contributed by atoms with E-state index in [1.165, 1.54) is 24.5 Å². The molecule has 0 fully saturated rings. The van der Waals surface area contributed by atoms with Crippen LogP contribution in [0.1, 0.15) is 39.5 Å². The van der Waals surface area contributed by atoms with Crippen molar-refractivity contribution in [2.45, 2.75) is 25.2 Å². The van der Waals surface area contributed by atoms with Gasteiger partial charge >= 0.3 is 6.18 Å². The number of halogens is 5. The van der Waals surface area contributed by atoms with E-state index in [0.29, 0.717) is 41.9 Å². The number of nitrogens with one attached hydrogen (secondary N) is 1. The van der Waals surface area contributed by atoms with Gasteiger partial charge in [-0.05, 0) is 66.4 Å². The van der Waals surface area contributed by atoms with Crippen molar-refractivity contribution in [2.24, 2.45) is 0 Å². The maximum Gasteiger partial charge on any atom is 0.416 e. The third-order valence-corrected chi connectivity index (χ3v) is 5.27. The van der Waals surface area contributed by atoms with Crippen LogP contribution in [0.2, 0.25) is 0 Å². The van der Waals surface area contributed by atoms with Gasteiger partial charge in [0.2, 0.25) is 0 Å². The molecule has 31 heavy (non-hydrogen) atoms. The van der Waals surface area contributed by atoms with Crippen LogP contribution in [-0.2, 0) is 18.3 Å². The van der Waals surface area contributed by atoms with Gasteiger partial charge in [-0.1, -0.05) is 0 Å². The Hall–Kier alpha value is -3.36. The number of fused-ring (bicyclic) bond motifs is 1. The molecule has 1 amide bonds. The molecule has 0 spiro atoms. The van der Waals surface area contributed by atoms with Gasteiger partial charge in [0.25, 0.3) is 5.91 Å². The fourth-order valence-electron chi connectivity index (χ4n) is 3.62. The molecule has 3 heterocycles. The molecule has 9 heteroatoms.